The van der Waals surface area contributed by atoms with Gasteiger partial charge >= 0.3 is 0 Å². The number of rotatable bonds is 2. The molecule has 5 nitrogen and oxygen atoms in total. The maximum atomic E-state index is 6.19. The molecule has 0 aromatic heterocycles. The van der Waals surface area contributed by atoms with Crippen molar-refractivity contribution in [2.45, 2.75) is 0 Å². The van der Waals surface area contributed by atoms with Crippen LogP contribution in [0.3, 0.4) is 0 Å². The van der Waals surface area contributed by atoms with E-state index in [-0.39, 0.29) is 0 Å². The molecule has 0 fully saturated rings. The van der Waals surface area contributed by atoms with Crippen LogP contribution in [0.1, 0.15) is 5.56 Å². The fraction of sp³-hybridized carbons (Fsp3) is 0.273. The van der Waals surface area contributed by atoms with Crippen molar-refractivity contribution in [1.29, 1.82) is 0 Å². The molecular formula is C11H13Cl2N5. The van der Waals surface area contributed by atoms with Crippen LogP contribution in [0.4, 0.5) is 0 Å². The molecule has 0 bridgehead atoms. The lowest BCUT2D eigenvalue weighted by atomic mass is 10.2. The maximum Gasteiger partial charge on any atom is 0.236 e. The summed E-state index contributed by atoms with van der Waals surface area (Å²) in [5, 5.41) is 1.14. The fourth-order valence-electron chi connectivity index (χ4n) is 1.60. The van der Waals surface area contributed by atoms with Crippen molar-refractivity contribution in [1.82, 2.24) is 15.8 Å². The number of nitrogens with zero attached hydrogens (tertiary/aromatic N) is 3. The molecular weight excluding hydrogens is 273 g/mol. The molecule has 96 valence electrons. The van der Waals surface area contributed by atoms with Crippen LogP contribution >= 0.6 is 23.2 Å². The second-order valence-corrected chi connectivity index (χ2v) is 4.54. The molecule has 2 rings (SSSR count). The number of benzene rings is 1. The van der Waals surface area contributed by atoms with Gasteiger partial charge in [-0.1, -0.05) is 29.3 Å². The molecule has 1 aliphatic heterocycles. The number of amidine groups is 1. The quantitative estimate of drug-likeness (QED) is 0.814. The molecule has 7 heteroatoms. The molecule has 1 aromatic rings. The third kappa shape index (κ3) is 2.58. The van der Waals surface area contributed by atoms with E-state index in [1.54, 1.807) is 25.2 Å². The highest BCUT2D eigenvalue weighted by molar-refractivity contribution is 6.40. The summed E-state index contributed by atoms with van der Waals surface area (Å²) in [5.41, 5.74) is 6.34. The second kappa shape index (κ2) is 5.56. The first-order valence-electron chi connectivity index (χ1n) is 5.35. The number of hydrogen-bond acceptors (Lipinski definition) is 5. The van der Waals surface area contributed by atoms with Gasteiger partial charge in [0.1, 0.15) is 12.5 Å². The minimum absolute atomic E-state index is 0.490. The number of aliphatic imine (C=N–C) groups is 2. The normalized spacial score (nSPS) is 15.2. The molecule has 0 radical (unpaired) electrons. The Morgan fingerprint density at radius 2 is 1.94 bits per heavy atom. The highest BCUT2D eigenvalue weighted by Gasteiger charge is 2.20. The van der Waals surface area contributed by atoms with Crippen LogP contribution in [0.25, 0.3) is 0 Å². The van der Waals surface area contributed by atoms with Gasteiger partial charge in [-0.15, -0.1) is 0 Å². The molecule has 1 heterocycles. The summed E-state index contributed by atoms with van der Waals surface area (Å²) in [5.74, 6) is 1.19. The lowest BCUT2D eigenvalue weighted by Gasteiger charge is -2.25. The number of nitrogens with one attached hydrogen (secondary N) is 2. The van der Waals surface area contributed by atoms with Gasteiger partial charge in [-0.25, -0.2) is 10.4 Å². The van der Waals surface area contributed by atoms with E-state index in [0.717, 1.165) is 0 Å². The Bertz CT molecular complexity index is 492. The summed E-state index contributed by atoms with van der Waals surface area (Å²) < 4.78 is 0. The van der Waals surface area contributed by atoms with E-state index in [9.17, 15) is 0 Å². The molecule has 0 spiro atoms. The number of hydrazine groups is 1. The summed E-state index contributed by atoms with van der Waals surface area (Å²) in [6.07, 6.45) is 0. The van der Waals surface area contributed by atoms with Crippen molar-refractivity contribution in [2.24, 2.45) is 9.98 Å². The summed E-state index contributed by atoms with van der Waals surface area (Å²) in [6.45, 7) is 0.490. The minimum atomic E-state index is 0.490. The standard InChI is InChI=1S/C11H13Cl2N5/c1-14-17-11-15-6-18(2)10(16-11)9-7(12)4-3-5-8(9)13/h3-5,14H,6H2,1-2H3,(H,15,17). The third-order valence-corrected chi connectivity index (χ3v) is 3.06. The van der Waals surface area contributed by atoms with E-state index in [4.69, 9.17) is 23.2 Å². The Morgan fingerprint density at radius 3 is 2.56 bits per heavy atom. The Hall–Kier alpha value is -1.30. The molecule has 18 heavy (non-hydrogen) atoms. The van der Waals surface area contributed by atoms with Crippen LogP contribution in [-0.2, 0) is 0 Å². The molecule has 0 atom stereocenters. The van der Waals surface area contributed by atoms with E-state index in [0.29, 0.717) is 34.1 Å². The monoisotopic (exact) mass is 285 g/mol. The van der Waals surface area contributed by atoms with Gasteiger partial charge in [0.05, 0.1) is 15.6 Å². The van der Waals surface area contributed by atoms with Crippen molar-refractivity contribution in [3.8, 4) is 0 Å². The van der Waals surface area contributed by atoms with Gasteiger partial charge in [0.2, 0.25) is 5.96 Å². The first-order chi connectivity index (χ1) is 8.63. The van der Waals surface area contributed by atoms with Crippen molar-refractivity contribution in [3.63, 3.8) is 0 Å². The fourth-order valence-corrected chi connectivity index (χ4v) is 2.17. The van der Waals surface area contributed by atoms with Gasteiger partial charge in [0.25, 0.3) is 0 Å². The predicted octanol–water partition coefficient (Wildman–Crippen LogP) is 1.72. The summed E-state index contributed by atoms with van der Waals surface area (Å²) in [4.78, 5) is 10.5. The first-order valence-corrected chi connectivity index (χ1v) is 6.10. The van der Waals surface area contributed by atoms with Crippen molar-refractivity contribution in [2.75, 3.05) is 20.8 Å². The summed E-state index contributed by atoms with van der Waals surface area (Å²) >= 11 is 12.4. The Kier molecular flexibility index (Phi) is 4.06. The molecule has 0 unspecified atom stereocenters. The van der Waals surface area contributed by atoms with Gasteiger partial charge < -0.3 is 4.90 Å². The lowest BCUT2D eigenvalue weighted by molar-refractivity contribution is 0.512. The van der Waals surface area contributed by atoms with Crippen molar-refractivity contribution in [3.05, 3.63) is 33.8 Å². The van der Waals surface area contributed by atoms with Crippen LogP contribution in [0.15, 0.2) is 28.2 Å². The third-order valence-electron chi connectivity index (χ3n) is 2.43. The molecule has 0 aliphatic carbocycles. The van der Waals surface area contributed by atoms with E-state index in [1.165, 1.54) is 0 Å². The van der Waals surface area contributed by atoms with Gasteiger partial charge in [-0.05, 0) is 12.1 Å². The van der Waals surface area contributed by atoms with Gasteiger partial charge in [-0.2, -0.15) is 4.99 Å². The van der Waals surface area contributed by atoms with Crippen LogP contribution in [-0.4, -0.2) is 37.5 Å². The van der Waals surface area contributed by atoms with Crippen LogP contribution in [0.2, 0.25) is 10.0 Å². The van der Waals surface area contributed by atoms with E-state index < -0.39 is 0 Å². The minimum Gasteiger partial charge on any atom is -0.339 e. The SMILES string of the molecule is CNNC1=NCN(C)C(c2c(Cl)cccc2Cl)=N1. The van der Waals surface area contributed by atoms with Crippen LogP contribution in [0.5, 0.6) is 0 Å². The number of guanidine groups is 1. The van der Waals surface area contributed by atoms with Gasteiger partial charge in [0.15, 0.2) is 0 Å². The topological polar surface area (TPSA) is 52.0 Å². The van der Waals surface area contributed by atoms with E-state index >= 15 is 0 Å². The van der Waals surface area contributed by atoms with E-state index in [2.05, 4.69) is 20.8 Å². The average Bonchev–Trinajstić information content (AvgIpc) is 2.33. The molecule has 0 saturated heterocycles. The summed E-state index contributed by atoms with van der Waals surface area (Å²) in [7, 11) is 3.64. The Morgan fingerprint density at radius 1 is 1.28 bits per heavy atom. The van der Waals surface area contributed by atoms with Gasteiger partial charge in [-0.3, -0.25) is 5.43 Å². The van der Waals surface area contributed by atoms with Crippen LogP contribution in [0, 0.1) is 0 Å². The first kappa shape index (κ1) is 13.1. The zero-order valence-electron chi connectivity index (χ0n) is 10.0. The molecule has 0 saturated carbocycles. The second-order valence-electron chi connectivity index (χ2n) is 3.73. The van der Waals surface area contributed by atoms with E-state index in [1.807, 2.05) is 11.9 Å². The predicted molar refractivity (Wildman–Crippen MR) is 75.3 cm³/mol. The molecule has 1 aromatic carbocycles. The number of hydrogen-bond donors (Lipinski definition) is 2. The lowest BCUT2D eigenvalue weighted by Crippen LogP contribution is -2.40. The summed E-state index contributed by atoms with van der Waals surface area (Å²) in [6, 6.07) is 5.38. The van der Waals surface area contributed by atoms with Crippen molar-refractivity contribution < 1.29 is 0 Å². The Labute approximate surface area is 115 Å². The zero-order valence-corrected chi connectivity index (χ0v) is 11.5. The highest BCUT2D eigenvalue weighted by atomic mass is 35.5. The molecule has 1 aliphatic rings. The molecule has 2 N–H and O–H groups in total. The maximum absolute atomic E-state index is 6.19. The zero-order chi connectivity index (χ0) is 13.1. The van der Waals surface area contributed by atoms with Crippen molar-refractivity contribution >= 4 is 35.0 Å². The highest BCUT2D eigenvalue weighted by Crippen LogP contribution is 2.26. The molecule has 0 amide bonds. The van der Waals surface area contributed by atoms with Gasteiger partial charge in [0, 0.05) is 14.1 Å². The smallest absolute Gasteiger partial charge is 0.236 e. The number of halogens is 2. The van der Waals surface area contributed by atoms with Crippen LogP contribution < -0.4 is 10.9 Å². The largest absolute Gasteiger partial charge is 0.339 e. The average molecular weight is 286 g/mol. The Balaban J connectivity index is 2.45.